The second-order valence-electron chi connectivity index (χ2n) is 5.56. The third-order valence-corrected chi connectivity index (χ3v) is 4.62. The quantitative estimate of drug-likeness (QED) is 0.690. The van der Waals surface area contributed by atoms with Gasteiger partial charge in [0.05, 0.1) is 18.5 Å². The van der Waals surface area contributed by atoms with Crippen LogP contribution in [0.4, 0.5) is 5.69 Å². The topological polar surface area (TPSA) is 49.4 Å². The molecule has 1 saturated heterocycles. The maximum atomic E-state index is 12.3. The first-order valence-electron chi connectivity index (χ1n) is 7.08. The molecular weight excluding hydrogens is 288 g/mol. The minimum Gasteiger partial charge on any atom is -0.367 e. The molecule has 0 radical (unpaired) electrons. The van der Waals surface area contributed by atoms with Crippen molar-refractivity contribution in [2.45, 2.75) is 19.8 Å². The zero-order chi connectivity index (χ0) is 15.0. The third-order valence-electron chi connectivity index (χ3n) is 4.21. The van der Waals surface area contributed by atoms with Crippen LogP contribution in [-0.4, -0.2) is 23.4 Å². The lowest BCUT2D eigenvalue weighted by atomic mass is 9.85. The summed E-state index contributed by atoms with van der Waals surface area (Å²) in [6.45, 7) is 2.13. The molecule has 1 fully saturated rings. The molecule has 1 heterocycles. The molecule has 2 amide bonds. The Balaban J connectivity index is 1.69. The maximum Gasteiger partial charge on any atom is 0.234 e. The summed E-state index contributed by atoms with van der Waals surface area (Å²) >= 11 is 6.07. The summed E-state index contributed by atoms with van der Waals surface area (Å²) < 4.78 is 0. The van der Waals surface area contributed by atoms with Crippen molar-refractivity contribution in [3.8, 4) is 0 Å². The van der Waals surface area contributed by atoms with E-state index in [9.17, 15) is 9.59 Å². The van der Waals surface area contributed by atoms with Gasteiger partial charge in [0.25, 0.3) is 0 Å². The van der Waals surface area contributed by atoms with E-state index >= 15 is 0 Å². The fraction of sp³-hybridized carbons (Fsp3) is 0.375. The largest absolute Gasteiger partial charge is 0.367 e. The van der Waals surface area contributed by atoms with Crippen LogP contribution in [0.2, 0.25) is 5.02 Å². The molecular formula is C16H17ClN2O2. The number of hydrogen-bond donors (Lipinski definition) is 1. The number of fused-ring (bicyclic) bond motifs is 1. The van der Waals surface area contributed by atoms with Gasteiger partial charge in [-0.3, -0.25) is 14.5 Å². The monoisotopic (exact) mass is 304 g/mol. The number of nitrogens with zero attached hydrogens (tertiary/aromatic N) is 1. The van der Waals surface area contributed by atoms with Gasteiger partial charge in [-0.2, -0.15) is 0 Å². The number of halogens is 1. The smallest absolute Gasteiger partial charge is 0.234 e. The second kappa shape index (κ2) is 5.53. The van der Waals surface area contributed by atoms with Crippen LogP contribution in [-0.2, 0) is 9.59 Å². The minimum absolute atomic E-state index is 0.0694. The number of nitrogens with one attached hydrogen (secondary N) is 1. The van der Waals surface area contributed by atoms with Crippen molar-refractivity contribution in [2.75, 3.05) is 12.0 Å². The van der Waals surface area contributed by atoms with Crippen LogP contribution in [0.25, 0.3) is 0 Å². The Morgan fingerprint density at radius 3 is 2.38 bits per heavy atom. The van der Waals surface area contributed by atoms with Crippen LogP contribution in [0.3, 0.4) is 0 Å². The van der Waals surface area contributed by atoms with Gasteiger partial charge in [0, 0.05) is 10.7 Å². The minimum atomic E-state index is -0.175. The molecule has 1 aromatic carbocycles. The summed E-state index contributed by atoms with van der Waals surface area (Å²) in [5, 5.41) is 3.77. The van der Waals surface area contributed by atoms with Gasteiger partial charge in [-0.05, 0) is 37.5 Å². The van der Waals surface area contributed by atoms with Crippen LogP contribution in [0.1, 0.15) is 18.4 Å². The molecule has 1 aromatic rings. The highest BCUT2D eigenvalue weighted by Crippen LogP contribution is 2.34. The molecule has 3 rings (SSSR count). The van der Waals surface area contributed by atoms with E-state index in [1.807, 2.05) is 31.2 Å². The Bertz CT molecular complexity index is 601. The lowest BCUT2D eigenvalue weighted by molar-refractivity contribution is -0.139. The zero-order valence-corrected chi connectivity index (χ0v) is 12.6. The average Bonchev–Trinajstić information content (AvgIpc) is 2.73. The SMILES string of the molecule is Cc1ccc(NCN2C(=O)[C@@H]3CC=CC[C@H]3C2=O)cc1Cl. The van der Waals surface area contributed by atoms with E-state index in [1.165, 1.54) is 4.90 Å². The summed E-state index contributed by atoms with van der Waals surface area (Å²) in [5.41, 5.74) is 1.80. The van der Waals surface area contributed by atoms with Crippen molar-refractivity contribution in [2.24, 2.45) is 11.8 Å². The van der Waals surface area contributed by atoms with Gasteiger partial charge in [0.1, 0.15) is 0 Å². The van der Waals surface area contributed by atoms with E-state index in [0.29, 0.717) is 17.9 Å². The van der Waals surface area contributed by atoms with Crippen molar-refractivity contribution in [3.63, 3.8) is 0 Å². The summed E-state index contributed by atoms with van der Waals surface area (Å²) in [6.07, 6.45) is 5.32. The van der Waals surface area contributed by atoms with E-state index < -0.39 is 0 Å². The van der Waals surface area contributed by atoms with E-state index in [1.54, 1.807) is 6.07 Å². The van der Waals surface area contributed by atoms with Crippen LogP contribution < -0.4 is 5.32 Å². The zero-order valence-electron chi connectivity index (χ0n) is 11.8. The number of hydrogen-bond acceptors (Lipinski definition) is 3. The maximum absolute atomic E-state index is 12.3. The number of benzene rings is 1. The first-order chi connectivity index (χ1) is 10.1. The van der Waals surface area contributed by atoms with Crippen LogP contribution in [0.15, 0.2) is 30.4 Å². The molecule has 1 aliphatic carbocycles. The highest BCUT2D eigenvalue weighted by molar-refractivity contribution is 6.31. The first kappa shape index (κ1) is 14.1. The molecule has 21 heavy (non-hydrogen) atoms. The van der Waals surface area contributed by atoms with Gasteiger partial charge in [0.2, 0.25) is 11.8 Å². The van der Waals surface area contributed by atoms with E-state index in [4.69, 9.17) is 11.6 Å². The van der Waals surface area contributed by atoms with Gasteiger partial charge in [-0.25, -0.2) is 0 Å². The van der Waals surface area contributed by atoms with Crippen LogP contribution in [0.5, 0.6) is 0 Å². The van der Waals surface area contributed by atoms with Gasteiger partial charge in [-0.1, -0.05) is 29.8 Å². The normalized spacial score (nSPS) is 24.4. The highest BCUT2D eigenvalue weighted by atomic mass is 35.5. The standard InChI is InChI=1S/C16H17ClN2O2/c1-10-6-7-11(8-14(10)17)18-9-19-15(20)12-4-2-3-5-13(12)16(19)21/h2-3,6-8,12-13,18H,4-5,9H2,1H3/t12-,13-/m1/s1. The lowest BCUT2D eigenvalue weighted by Gasteiger charge is -2.16. The van der Waals surface area contributed by atoms with Crippen molar-refractivity contribution in [3.05, 3.63) is 40.9 Å². The number of allylic oxidation sites excluding steroid dienone is 2. The fourth-order valence-electron chi connectivity index (χ4n) is 2.90. The first-order valence-corrected chi connectivity index (χ1v) is 7.46. The molecule has 0 saturated carbocycles. The van der Waals surface area contributed by atoms with Crippen molar-refractivity contribution in [1.29, 1.82) is 0 Å². The number of rotatable bonds is 3. The van der Waals surface area contributed by atoms with Gasteiger partial charge >= 0.3 is 0 Å². The molecule has 1 aliphatic heterocycles. The Hall–Kier alpha value is -1.81. The molecule has 4 nitrogen and oxygen atoms in total. The van der Waals surface area contributed by atoms with Gasteiger partial charge in [-0.15, -0.1) is 0 Å². The molecule has 0 spiro atoms. The third kappa shape index (κ3) is 2.56. The van der Waals surface area contributed by atoms with Crippen LogP contribution >= 0.6 is 11.6 Å². The van der Waals surface area contributed by atoms with E-state index in [-0.39, 0.29) is 30.3 Å². The number of anilines is 1. The van der Waals surface area contributed by atoms with E-state index in [0.717, 1.165) is 11.3 Å². The molecule has 110 valence electrons. The number of imide groups is 1. The molecule has 5 heteroatoms. The number of carbonyl (C=O) groups excluding carboxylic acids is 2. The molecule has 0 aromatic heterocycles. The average molecular weight is 305 g/mol. The fourth-order valence-corrected chi connectivity index (χ4v) is 3.08. The van der Waals surface area contributed by atoms with Crippen molar-refractivity contribution < 1.29 is 9.59 Å². The Labute approximate surface area is 128 Å². The Morgan fingerprint density at radius 2 is 1.81 bits per heavy atom. The lowest BCUT2D eigenvalue weighted by Crippen LogP contribution is -2.35. The predicted molar refractivity (Wildman–Crippen MR) is 81.9 cm³/mol. The molecule has 0 bridgehead atoms. The number of aryl methyl sites for hydroxylation is 1. The summed E-state index contributed by atoms with van der Waals surface area (Å²) in [5.74, 6) is -0.489. The predicted octanol–water partition coefficient (Wildman–Crippen LogP) is 2.97. The summed E-state index contributed by atoms with van der Waals surface area (Å²) in [4.78, 5) is 25.9. The highest BCUT2D eigenvalue weighted by Gasteiger charge is 2.46. The number of carbonyl (C=O) groups is 2. The molecule has 2 aliphatic rings. The molecule has 1 N–H and O–H groups in total. The van der Waals surface area contributed by atoms with E-state index in [2.05, 4.69) is 5.32 Å². The van der Waals surface area contributed by atoms with Gasteiger partial charge < -0.3 is 5.32 Å². The number of likely N-dealkylation sites (tertiary alicyclic amines) is 1. The Kier molecular flexibility index (Phi) is 3.72. The van der Waals surface area contributed by atoms with Gasteiger partial charge in [0.15, 0.2) is 0 Å². The summed E-state index contributed by atoms with van der Waals surface area (Å²) in [6, 6.07) is 5.60. The Morgan fingerprint density at radius 1 is 1.19 bits per heavy atom. The molecule has 2 atom stereocenters. The second-order valence-corrected chi connectivity index (χ2v) is 5.97. The van der Waals surface area contributed by atoms with Crippen LogP contribution in [0, 0.1) is 18.8 Å². The molecule has 0 unspecified atom stereocenters. The van der Waals surface area contributed by atoms with Crippen molar-refractivity contribution >= 4 is 29.1 Å². The number of amides is 2. The summed E-state index contributed by atoms with van der Waals surface area (Å²) in [7, 11) is 0. The van der Waals surface area contributed by atoms with Crippen molar-refractivity contribution in [1.82, 2.24) is 4.90 Å².